The van der Waals surface area contributed by atoms with E-state index in [2.05, 4.69) is 16.4 Å². The maximum atomic E-state index is 11.9. The molecule has 1 aromatic rings. The first kappa shape index (κ1) is 12.6. The Labute approximate surface area is 107 Å². The highest BCUT2D eigenvalue weighted by atomic mass is 16.2. The number of nitrogens with one attached hydrogen (secondary N) is 1. The normalized spacial score (nSPS) is 18.6. The highest BCUT2D eigenvalue weighted by Crippen LogP contribution is 2.26. The summed E-state index contributed by atoms with van der Waals surface area (Å²) < 4.78 is 1.71. The molecule has 0 atom stereocenters. The molecule has 1 N–H and O–H groups in total. The molecular weight excluding hydrogens is 228 g/mol. The summed E-state index contributed by atoms with van der Waals surface area (Å²) in [5.74, 6) is -0.114. The van der Waals surface area contributed by atoms with Crippen molar-refractivity contribution in [2.45, 2.75) is 50.6 Å². The average molecular weight is 246 g/mol. The largest absolute Gasteiger partial charge is 0.336 e. The minimum Gasteiger partial charge on any atom is -0.336 e. The van der Waals surface area contributed by atoms with Gasteiger partial charge in [-0.1, -0.05) is 25.7 Å². The van der Waals surface area contributed by atoms with Gasteiger partial charge in [-0.3, -0.25) is 4.79 Å². The molecule has 1 aliphatic rings. The molecule has 0 aromatic carbocycles. The van der Waals surface area contributed by atoms with E-state index in [0.29, 0.717) is 0 Å². The average Bonchev–Trinajstić information content (AvgIpc) is 2.74. The lowest BCUT2D eigenvalue weighted by atomic mass is 9.92. The summed E-state index contributed by atoms with van der Waals surface area (Å²) >= 11 is 0. The Hall–Kier alpha value is -1.83. The highest BCUT2D eigenvalue weighted by Gasteiger charge is 2.32. The smallest absolute Gasteiger partial charge is 0.241 e. The molecule has 96 valence electrons. The van der Waals surface area contributed by atoms with Gasteiger partial charge in [-0.05, 0) is 12.8 Å². The van der Waals surface area contributed by atoms with Crippen LogP contribution >= 0.6 is 0 Å². The quantitative estimate of drug-likeness (QED) is 0.824. The number of nitrogens with zero attached hydrogens (tertiary/aromatic N) is 3. The van der Waals surface area contributed by atoms with Gasteiger partial charge < -0.3 is 9.88 Å². The number of rotatable bonds is 3. The van der Waals surface area contributed by atoms with Crippen LogP contribution in [0.25, 0.3) is 0 Å². The molecule has 2 rings (SSSR count). The standard InChI is InChI=1S/C13H18N4O/c14-10-13(5-3-1-2-4-6-13)16-12(18)9-17-8-7-15-11-17/h7-8,11H,1-6,9H2,(H,16,18). The minimum atomic E-state index is -0.659. The molecule has 1 amide bonds. The first-order chi connectivity index (χ1) is 8.74. The lowest BCUT2D eigenvalue weighted by Gasteiger charge is -2.26. The number of nitriles is 1. The SMILES string of the molecule is N#CC1(NC(=O)Cn2ccnc2)CCCCCC1. The molecule has 5 heteroatoms. The number of hydrogen-bond acceptors (Lipinski definition) is 3. The lowest BCUT2D eigenvalue weighted by molar-refractivity contribution is -0.123. The fourth-order valence-corrected chi connectivity index (χ4v) is 2.45. The Kier molecular flexibility index (Phi) is 3.98. The summed E-state index contributed by atoms with van der Waals surface area (Å²) in [7, 11) is 0. The van der Waals surface area contributed by atoms with Crippen LogP contribution < -0.4 is 5.32 Å². The Balaban J connectivity index is 1.97. The van der Waals surface area contributed by atoms with E-state index in [1.807, 2.05) is 0 Å². The summed E-state index contributed by atoms with van der Waals surface area (Å²) in [6.07, 6.45) is 10.8. The van der Waals surface area contributed by atoms with Crippen molar-refractivity contribution in [1.29, 1.82) is 5.26 Å². The third kappa shape index (κ3) is 3.10. The highest BCUT2D eigenvalue weighted by molar-refractivity contribution is 5.77. The molecule has 0 aliphatic heterocycles. The zero-order chi connectivity index (χ0) is 12.8. The van der Waals surface area contributed by atoms with E-state index in [0.717, 1.165) is 38.5 Å². The van der Waals surface area contributed by atoms with Crippen molar-refractivity contribution >= 4 is 5.91 Å². The molecule has 1 aliphatic carbocycles. The van der Waals surface area contributed by atoms with Gasteiger partial charge in [-0.25, -0.2) is 4.98 Å². The topological polar surface area (TPSA) is 70.7 Å². The summed E-state index contributed by atoms with van der Waals surface area (Å²) in [6, 6.07) is 2.31. The fraction of sp³-hybridized carbons (Fsp3) is 0.615. The Morgan fingerprint density at radius 2 is 2.11 bits per heavy atom. The van der Waals surface area contributed by atoms with E-state index >= 15 is 0 Å². The maximum Gasteiger partial charge on any atom is 0.241 e. The van der Waals surface area contributed by atoms with Crippen LogP contribution in [0.2, 0.25) is 0 Å². The van der Waals surface area contributed by atoms with Crippen LogP contribution in [0.5, 0.6) is 0 Å². The minimum absolute atomic E-state index is 0.114. The van der Waals surface area contributed by atoms with Crippen molar-refractivity contribution in [3.05, 3.63) is 18.7 Å². The molecule has 18 heavy (non-hydrogen) atoms. The molecule has 1 saturated carbocycles. The van der Waals surface area contributed by atoms with Gasteiger partial charge in [0, 0.05) is 12.4 Å². The van der Waals surface area contributed by atoms with Gasteiger partial charge in [-0.2, -0.15) is 5.26 Å². The van der Waals surface area contributed by atoms with Crippen molar-refractivity contribution in [1.82, 2.24) is 14.9 Å². The van der Waals surface area contributed by atoms with Crippen molar-refractivity contribution in [2.75, 3.05) is 0 Å². The maximum absolute atomic E-state index is 11.9. The first-order valence-electron chi connectivity index (χ1n) is 6.42. The molecule has 0 saturated heterocycles. The second-order valence-electron chi connectivity index (χ2n) is 4.89. The van der Waals surface area contributed by atoms with Crippen molar-refractivity contribution in [3.63, 3.8) is 0 Å². The van der Waals surface area contributed by atoms with Crippen molar-refractivity contribution in [2.24, 2.45) is 0 Å². The number of aromatic nitrogens is 2. The summed E-state index contributed by atoms with van der Waals surface area (Å²) in [5.41, 5.74) is -0.659. The molecule has 0 unspecified atom stereocenters. The zero-order valence-corrected chi connectivity index (χ0v) is 10.4. The molecule has 0 bridgehead atoms. The zero-order valence-electron chi connectivity index (χ0n) is 10.4. The molecule has 1 fully saturated rings. The number of imidazole rings is 1. The predicted molar refractivity (Wildman–Crippen MR) is 66.4 cm³/mol. The Morgan fingerprint density at radius 3 is 2.67 bits per heavy atom. The van der Waals surface area contributed by atoms with Crippen molar-refractivity contribution < 1.29 is 4.79 Å². The van der Waals surface area contributed by atoms with Crippen LogP contribution in [0.4, 0.5) is 0 Å². The fourth-order valence-electron chi connectivity index (χ4n) is 2.45. The van der Waals surface area contributed by atoms with Crippen LogP contribution in [-0.2, 0) is 11.3 Å². The van der Waals surface area contributed by atoms with Gasteiger partial charge in [0.1, 0.15) is 12.1 Å². The summed E-state index contributed by atoms with van der Waals surface area (Å²) in [4.78, 5) is 15.8. The molecule has 1 heterocycles. The van der Waals surface area contributed by atoms with Gasteiger partial charge in [0.2, 0.25) is 5.91 Å². The molecule has 1 aromatic heterocycles. The Morgan fingerprint density at radius 1 is 1.39 bits per heavy atom. The van der Waals surface area contributed by atoms with E-state index < -0.39 is 5.54 Å². The monoisotopic (exact) mass is 246 g/mol. The number of hydrogen-bond donors (Lipinski definition) is 1. The first-order valence-corrected chi connectivity index (χ1v) is 6.42. The second kappa shape index (κ2) is 5.67. The third-order valence-corrected chi connectivity index (χ3v) is 3.44. The number of carbonyl (C=O) groups excluding carboxylic acids is 1. The molecular formula is C13H18N4O. The Bertz CT molecular complexity index is 424. The van der Waals surface area contributed by atoms with E-state index in [1.54, 1.807) is 23.3 Å². The van der Waals surface area contributed by atoms with E-state index in [9.17, 15) is 10.1 Å². The molecule has 5 nitrogen and oxygen atoms in total. The van der Waals surface area contributed by atoms with Gasteiger partial charge in [0.05, 0.1) is 12.4 Å². The van der Waals surface area contributed by atoms with Crippen LogP contribution in [0, 0.1) is 11.3 Å². The third-order valence-electron chi connectivity index (χ3n) is 3.44. The molecule has 0 spiro atoms. The van der Waals surface area contributed by atoms with Crippen LogP contribution in [0.15, 0.2) is 18.7 Å². The van der Waals surface area contributed by atoms with Crippen molar-refractivity contribution in [3.8, 4) is 6.07 Å². The van der Waals surface area contributed by atoms with Gasteiger partial charge in [-0.15, -0.1) is 0 Å². The lowest BCUT2D eigenvalue weighted by Crippen LogP contribution is -2.48. The number of carbonyl (C=O) groups is 1. The van der Waals surface area contributed by atoms with E-state index in [1.165, 1.54) is 0 Å². The second-order valence-corrected chi connectivity index (χ2v) is 4.89. The predicted octanol–water partition coefficient (Wildman–Crippen LogP) is 1.62. The van der Waals surface area contributed by atoms with Gasteiger partial charge in [0.15, 0.2) is 0 Å². The van der Waals surface area contributed by atoms with Gasteiger partial charge in [0.25, 0.3) is 0 Å². The number of amides is 1. The van der Waals surface area contributed by atoms with Crippen LogP contribution in [-0.4, -0.2) is 21.0 Å². The molecule has 0 radical (unpaired) electrons. The van der Waals surface area contributed by atoms with Gasteiger partial charge >= 0.3 is 0 Å². The summed E-state index contributed by atoms with van der Waals surface area (Å²) in [6.45, 7) is 0.226. The summed E-state index contributed by atoms with van der Waals surface area (Å²) in [5, 5.41) is 12.3. The van der Waals surface area contributed by atoms with E-state index in [4.69, 9.17) is 0 Å². The van der Waals surface area contributed by atoms with Crippen LogP contribution in [0.3, 0.4) is 0 Å². The van der Waals surface area contributed by atoms with E-state index in [-0.39, 0.29) is 12.5 Å². The van der Waals surface area contributed by atoms with Crippen LogP contribution in [0.1, 0.15) is 38.5 Å².